The van der Waals surface area contributed by atoms with Gasteiger partial charge in [0.25, 0.3) is 0 Å². The third kappa shape index (κ3) is 2.18. The molecule has 1 aromatic carbocycles. The predicted octanol–water partition coefficient (Wildman–Crippen LogP) is 2.25. The van der Waals surface area contributed by atoms with Crippen LogP contribution in [0, 0.1) is 0 Å². The zero-order valence-electron chi connectivity index (χ0n) is 15.1. The van der Waals surface area contributed by atoms with E-state index in [0.29, 0.717) is 19.3 Å². The Morgan fingerprint density at radius 1 is 1.32 bits per heavy atom. The Balaban J connectivity index is 1.97. The number of Topliss-reactive ketones (excluding diaryl/α,β-unsaturated/α-hetero) is 1. The Bertz CT molecular complexity index is 745. The second kappa shape index (κ2) is 5.56. The molecule has 1 saturated carbocycles. The second-order valence-corrected chi connectivity index (χ2v) is 7.75. The van der Waals surface area contributed by atoms with Crippen LogP contribution >= 0.6 is 0 Å². The van der Waals surface area contributed by atoms with Crippen molar-refractivity contribution in [1.82, 2.24) is 4.90 Å². The second-order valence-electron chi connectivity index (χ2n) is 7.75. The van der Waals surface area contributed by atoms with Crippen molar-refractivity contribution < 1.29 is 19.1 Å². The standard InChI is InChI=1S/C20H25NO4/c1-13(22)25-20-7-6-15(23)12-19(20)8-9-21(2)18(20)10-14-4-5-16(24-3)11-17(14)19/h4-5,11,18H,6-10,12H2,1-3H3/t18?,19-,20+/m0/s1. The fourth-order valence-electron chi connectivity index (χ4n) is 5.57. The molecule has 0 radical (unpaired) electrons. The Labute approximate surface area is 148 Å². The fraction of sp³-hybridized carbons (Fsp3) is 0.600. The van der Waals surface area contributed by atoms with Gasteiger partial charge in [-0.05, 0) is 56.1 Å². The molecule has 2 fully saturated rings. The minimum absolute atomic E-state index is 0.110. The van der Waals surface area contributed by atoms with E-state index in [4.69, 9.17) is 9.47 Å². The van der Waals surface area contributed by atoms with Crippen molar-refractivity contribution in [3.63, 3.8) is 0 Å². The fourth-order valence-corrected chi connectivity index (χ4v) is 5.57. The van der Waals surface area contributed by atoms with Gasteiger partial charge in [-0.25, -0.2) is 0 Å². The summed E-state index contributed by atoms with van der Waals surface area (Å²) in [5.74, 6) is 0.798. The maximum Gasteiger partial charge on any atom is 0.303 e. The van der Waals surface area contributed by atoms with Gasteiger partial charge in [0.2, 0.25) is 0 Å². The van der Waals surface area contributed by atoms with Crippen LogP contribution in [0.25, 0.3) is 0 Å². The molecule has 1 saturated heterocycles. The van der Waals surface area contributed by atoms with Crippen LogP contribution in [0.3, 0.4) is 0 Å². The van der Waals surface area contributed by atoms with Crippen molar-refractivity contribution in [2.45, 2.75) is 56.1 Å². The number of ether oxygens (including phenoxy) is 2. The van der Waals surface area contributed by atoms with E-state index < -0.39 is 11.0 Å². The van der Waals surface area contributed by atoms with E-state index in [2.05, 4.69) is 24.1 Å². The molecule has 134 valence electrons. The first-order chi connectivity index (χ1) is 11.9. The van der Waals surface area contributed by atoms with Crippen molar-refractivity contribution in [2.75, 3.05) is 20.7 Å². The Kier molecular flexibility index (Phi) is 3.69. The number of hydrogen-bond acceptors (Lipinski definition) is 5. The molecule has 5 heteroatoms. The monoisotopic (exact) mass is 343 g/mol. The molecule has 3 atom stereocenters. The highest BCUT2D eigenvalue weighted by molar-refractivity contribution is 5.83. The molecular formula is C20H25NO4. The van der Waals surface area contributed by atoms with Crippen LogP contribution in [0.5, 0.6) is 5.75 Å². The first-order valence-electron chi connectivity index (χ1n) is 9.01. The third-order valence-corrected chi connectivity index (χ3v) is 6.62. The number of rotatable bonds is 2. The molecule has 1 aromatic rings. The van der Waals surface area contributed by atoms with Gasteiger partial charge in [-0.15, -0.1) is 0 Å². The molecule has 0 aromatic heterocycles. The zero-order valence-corrected chi connectivity index (χ0v) is 15.1. The lowest BCUT2D eigenvalue weighted by molar-refractivity contribution is -0.203. The van der Waals surface area contributed by atoms with Crippen LogP contribution in [0.4, 0.5) is 0 Å². The lowest BCUT2D eigenvalue weighted by Crippen LogP contribution is -2.73. The number of benzene rings is 1. The van der Waals surface area contributed by atoms with Gasteiger partial charge >= 0.3 is 5.97 Å². The molecule has 5 nitrogen and oxygen atoms in total. The van der Waals surface area contributed by atoms with Crippen LogP contribution in [-0.4, -0.2) is 49.0 Å². The highest BCUT2D eigenvalue weighted by atomic mass is 16.6. The highest BCUT2D eigenvalue weighted by Gasteiger charge is 2.67. The summed E-state index contributed by atoms with van der Waals surface area (Å²) in [5, 5.41) is 0. The number of carbonyl (C=O) groups excluding carboxylic acids is 2. The van der Waals surface area contributed by atoms with Crippen LogP contribution in [0.2, 0.25) is 0 Å². The van der Waals surface area contributed by atoms with Crippen molar-refractivity contribution in [2.24, 2.45) is 0 Å². The summed E-state index contributed by atoms with van der Waals surface area (Å²) in [6.45, 7) is 2.38. The number of methoxy groups -OCH3 is 1. The Morgan fingerprint density at radius 2 is 2.12 bits per heavy atom. The van der Waals surface area contributed by atoms with E-state index in [0.717, 1.165) is 30.7 Å². The van der Waals surface area contributed by atoms with E-state index in [1.807, 2.05) is 6.07 Å². The quantitative estimate of drug-likeness (QED) is 0.771. The average Bonchev–Trinajstić information content (AvgIpc) is 2.58. The van der Waals surface area contributed by atoms with Crippen LogP contribution in [0.1, 0.15) is 43.7 Å². The van der Waals surface area contributed by atoms with E-state index in [1.165, 1.54) is 12.5 Å². The first-order valence-corrected chi connectivity index (χ1v) is 9.01. The van der Waals surface area contributed by atoms with Gasteiger partial charge in [0.1, 0.15) is 17.1 Å². The number of fused-ring (bicyclic) bond motifs is 1. The molecular weight excluding hydrogens is 318 g/mol. The van der Waals surface area contributed by atoms with Crippen LogP contribution in [0.15, 0.2) is 18.2 Å². The molecule has 2 bridgehead atoms. The molecule has 1 heterocycles. The number of ketones is 1. The summed E-state index contributed by atoms with van der Waals surface area (Å²) in [5.41, 5.74) is 1.33. The van der Waals surface area contributed by atoms with E-state index in [-0.39, 0.29) is 17.8 Å². The van der Waals surface area contributed by atoms with Crippen molar-refractivity contribution >= 4 is 11.8 Å². The maximum atomic E-state index is 12.5. The van der Waals surface area contributed by atoms with Crippen molar-refractivity contribution in [1.29, 1.82) is 0 Å². The number of likely N-dealkylation sites (N-methyl/N-ethyl adjacent to an activating group) is 1. The summed E-state index contributed by atoms with van der Waals surface area (Å²) in [7, 11) is 3.76. The molecule has 3 aliphatic rings. The largest absolute Gasteiger partial charge is 0.497 e. The lowest BCUT2D eigenvalue weighted by Gasteiger charge is -2.64. The molecule has 4 rings (SSSR count). The summed E-state index contributed by atoms with van der Waals surface area (Å²) >= 11 is 0. The minimum atomic E-state index is -0.626. The SMILES string of the molecule is COc1ccc2c(c1)[C@@]13CCN(C)C(C2)[C@]1(OC(C)=O)CCC(=O)C3. The minimum Gasteiger partial charge on any atom is -0.497 e. The van der Waals surface area contributed by atoms with Gasteiger partial charge in [0.05, 0.1) is 13.2 Å². The van der Waals surface area contributed by atoms with Gasteiger partial charge in [-0.1, -0.05) is 6.07 Å². The van der Waals surface area contributed by atoms with Crippen LogP contribution < -0.4 is 4.74 Å². The molecule has 0 amide bonds. The molecule has 0 spiro atoms. The number of likely N-dealkylation sites (tertiary alicyclic amines) is 1. The van der Waals surface area contributed by atoms with Gasteiger partial charge in [-0.3, -0.25) is 14.5 Å². The normalized spacial score (nSPS) is 34.0. The van der Waals surface area contributed by atoms with E-state index >= 15 is 0 Å². The van der Waals surface area contributed by atoms with Gasteiger partial charge < -0.3 is 9.47 Å². The summed E-state index contributed by atoms with van der Waals surface area (Å²) < 4.78 is 11.6. The van der Waals surface area contributed by atoms with Gasteiger partial charge in [0, 0.05) is 25.2 Å². The average molecular weight is 343 g/mol. The maximum absolute atomic E-state index is 12.5. The number of carbonyl (C=O) groups is 2. The van der Waals surface area contributed by atoms with Gasteiger partial charge in [-0.2, -0.15) is 0 Å². The van der Waals surface area contributed by atoms with Gasteiger partial charge in [0.15, 0.2) is 0 Å². The zero-order chi connectivity index (χ0) is 17.8. The highest BCUT2D eigenvalue weighted by Crippen LogP contribution is 2.59. The smallest absolute Gasteiger partial charge is 0.303 e. The molecule has 1 unspecified atom stereocenters. The lowest BCUT2D eigenvalue weighted by atomic mass is 9.49. The first kappa shape index (κ1) is 16.6. The summed E-state index contributed by atoms with van der Waals surface area (Å²) in [6, 6.07) is 6.26. The van der Waals surface area contributed by atoms with Crippen molar-refractivity contribution in [3.05, 3.63) is 29.3 Å². The van der Waals surface area contributed by atoms with E-state index in [9.17, 15) is 9.59 Å². The summed E-state index contributed by atoms with van der Waals surface area (Å²) in [6.07, 6.45) is 3.19. The number of hydrogen-bond donors (Lipinski definition) is 0. The third-order valence-electron chi connectivity index (χ3n) is 6.62. The van der Waals surface area contributed by atoms with Crippen LogP contribution in [-0.2, 0) is 26.2 Å². The molecule has 25 heavy (non-hydrogen) atoms. The predicted molar refractivity (Wildman–Crippen MR) is 92.8 cm³/mol. The Morgan fingerprint density at radius 3 is 2.84 bits per heavy atom. The Hall–Kier alpha value is -1.88. The van der Waals surface area contributed by atoms with E-state index in [1.54, 1.807) is 7.11 Å². The molecule has 2 aliphatic carbocycles. The summed E-state index contributed by atoms with van der Waals surface area (Å²) in [4.78, 5) is 26.9. The van der Waals surface area contributed by atoms with Crippen molar-refractivity contribution in [3.8, 4) is 5.75 Å². The molecule has 1 aliphatic heterocycles. The number of piperidine rings is 1. The topological polar surface area (TPSA) is 55.8 Å². The molecule has 0 N–H and O–H groups in total. The number of nitrogens with zero attached hydrogens (tertiary/aromatic N) is 1. The number of esters is 1.